The highest BCUT2D eigenvalue weighted by atomic mass is 35.5. The zero-order chi connectivity index (χ0) is 28.3. The van der Waals surface area contributed by atoms with Gasteiger partial charge in [0.05, 0.1) is 24.5 Å². The highest BCUT2D eigenvalue weighted by Crippen LogP contribution is 2.22. The molecule has 0 amide bonds. The van der Waals surface area contributed by atoms with E-state index in [4.69, 9.17) is 11.6 Å². The van der Waals surface area contributed by atoms with Crippen LogP contribution in [0.3, 0.4) is 0 Å². The van der Waals surface area contributed by atoms with Gasteiger partial charge in [0.25, 0.3) is 5.56 Å². The average molecular weight is 567 g/mol. The molecule has 10 nitrogen and oxygen atoms in total. The van der Waals surface area contributed by atoms with E-state index in [9.17, 15) is 19.5 Å². The first-order valence-electron chi connectivity index (χ1n) is 12.1. The summed E-state index contributed by atoms with van der Waals surface area (Å²) in [7, 11) is 2.56. The van der Waals surface area contributed by atoms with E-state index < -0.39 is 16.9 Å². The zero-order valence-corrected chi connectivity index (χ0v) is 23.5. The molecule has 3 aromatic rings. The maximum Gasteiger partial charge on any atom is 0.355 e. The number of nitrogens with one attached hydrogen (secondary N) is 2. The van der Waals surface area contributed by atoms with Crippen molar-refractivity contribution in [1.82, 2.24) is 19.1 Å². The van der Waals surface area contributed by atoms with Gasteiger partial charge in [-0.25, -0.2) is 14.2 Å². The number of benzene rings is 1. The van der Waals surface area contributed by atoms with Crippen LogP contribution in [0, 0.1) is 0 Å². The van der Waals surface area contributed by atoms with E-state index in [1.54, 1.807) is 24.3 Å². The number of aliphatic hydroxyl groups excluding tert-OH is 1. The van der Waals surface area contributed by atoms with E-state index in [-0.39, 0.29) is 42.1 Å². The van der Waals surface area contributed by atoms with Gasteiger partial charge in [0.15, 0.2) is 0 Å². The van der Waals surface area contributed by atoms with Crippen molar-refractivity contribution in [1.29, 1.82) is 0 Å². The number of nitrogens with zero attached hydrogens (tertiary/aromatic N) is 4. The predicted molar refractivity (Wildman–Crippen MR) is 158 cm³/mol. The van der Waals surface area contributed by atoms with Crippen LogP contribution in [-0.2, 0) is 13.1 Å². The summed E-state index contributed by atoms with van der Waals surface area (Å²) in [6, 6.07) is 8.43. The number of aromatic nitrogens is 4. The number of rotatable bonds is 7. The summed E-state index contributed by atoms with van der Waals surface area (Å²) in [5.41, 5.74) is 0.535. The van der Waals surface area contributed by atoms with Gasteiger partial charge >= 0.3 is 11.4 Å². The minimum atomic E-state index is -0.854. The van der Waals surface area contributed by atoms with Crippen molar-refractivity contribution in [3.8, 4) is 0 Å². The molecule has 0 saturated heterocycles. The van der Waals surface area contributed by atoms with Gasteiger partial charge in [-0.3, -0.25) is 14.4 Å². The molecule has 4 rings (SSSR count). The van der Waals surface area contributed by atoms with Crippen molar-refractivity contribution < 1.29 is 5.11 Å². The number of halogens is 1. The van der Waals surface area contributed by atoms with Crippen molar-refractivity contribution in [2.24, 2.45) is 4.99 Å². The van der Waals surface area contributed by atoms with Crippen molar-refractivity contribution in [2.75, 3.05) is 5.32 Å². The SMILES string of the molecule is C/C=C1/C=C(Nc2nc(=O)n(Cc3ccc[nH]c3=O)c(=O)n2Cc2cc(P)cc(Cl)c2)C(O)=C/C1=N/C(C)C. The number of anilines is 1. The van der Waals surface area contributed by atoms with Crippen LogP contribution in [0.1, 0.15) is 31.9 Å². The Balaban J connectivity index is 1.83. The van der Waals surface area contributed by atoms with Gasteiger partial charge in [-0.1, -0.05) is 23.7 Å². The molecular weight excluding hydrogens is 539 g/mol. The summed E-state index contributed by atoms with van der Waals surface area (Å²) in [5.74, 6) is -0.213. The minimum Gasteiger partial charge on any atom is -0.506 e. The van der Waals surface area contributed by atoms with Crippen LogP contribution in [0.2, 0.25) is 5.02 Å². The third-order valence-corrected chi connectivity index (χ3v) is 6.35. The zero-order valence-electron chi connectivity index (χ0n) is 21.6. The third kappa shape index (κ3) is 6.53. The lowest BCUT2D eigenvalue weighted by Crippen LogP contribution is -2.44. The second kappa shape index (κ2) is 11.8. The molecule has 0 radical (unpaired) electrons. The van der Waals surface area contributed by atoms with Gasteiger partial charge in [0, 0.05) is 28.9 Å². The fourth-order valence-electron chi connectivity index (χ4n) is 4.04. The first-order chi connectivity index (χ1) is 18.5. The molecule has 0 saturated carbocycles. The molecule has 2 heterocycles. The number of hydrogen-bond acceptors (Lipinski definition) is 7. The molecule has 1 aliphatic carbocycles. The quantitative estimate of drug-likeness (QED) is 0.377. The van der Waals surface area contributed by atoms with Gasteiger partial charge in [-0.2, -0.15) is 4.98 Å². The standard InChI is InChI=1S/C27H28ClN6O4P/c1-4-17-10-22(23(35)12-21(17)30-15(2)3)31-25-32-26(37)34(14-18-6-5-7-29-24(18)36)27(38)33(25)13-16-8-19(28)11-20(39)9-16/h4-12,15,35H,13-14,39H2,1-3H3,(H,29,36)(H,31,32,37)/b17-4-,30-21-. The maximum absolute atomic E-state index is 13.7. The monoisotopic (exact) mass is 566 g/mol. The molecule has 1 aliphatic rings. The van der Waals surface area contributed by atoms with Gasteiger partial charge < -0.3 is 15.4 Å². The lowest BCUT2D eigenvalue weighted by atomic mass is 10.0. The Morgan fingerprint density at radius 3 is 2.62 bits per heavy atom. The Morgan fingerprint density at radius 2 is 1.95 bits per heavy atom. The molecule has 1 atom stereocenters. The Hall–Kier alpha value is -4.01. The molecular formula is C27H28ClN6O4P. The Kier molecular flexibility index (Phi) is 8.47. The molecule has 39 heavy (non-hydrogen) atoms. The molecule has 1 aromatic carbocycles. The topological polar surface area (TPSA) is 134 Å². The van der Waals surface area contributed by atoms with Gasteiger partial charge in [-0.05, 0) is 67.6 Å². The Labute approximate surface area is 231 Å². The van der Waals surface area contributed by atoms with Gasteiger partial charge in [0.1, 0.15) is 5.76 Å². The molecule has 1 unspecified atom stereocenters. The summed E-state index contributed by atoms with van der Waals surface area (Å²) < 4.78 is 2.15. The van der Waals surface area contributed by atoms with Crippen LogP contribution in [0.15, 0.2) is 91.2 Å². The Morgan fingerprint density at radius 1 is 1.18 bits per heavy atom. The minimum absolute atomic E-state index is 0.00976. The molecule has 0 bridgehead atoms. The maximum atomic E-state index is 13.7. The lowest BCUT2D eigenvalue weighted by molar-refractivity contribution is 0.424. The smallest absolute Gasteiger partial charge is 0.355 e. The highest BCUT2D eigenvalue weighted by molar-refractivity contribution is 7.27. The number of hydrogen-bond donors (Lipinski definition) is 3. The fourth-order valence-corrected chi connectivity index (χ4v) is 4.80. The normalized spacial score (nSPS) is 15.5. The van der Waals surface area contributed by atoms with Crippen LogP contribution in [0.4, 0.5) is 5.95 Å². The molecule has 3 N–H and O–H groups in total. The van der Waals surface area contributed by atoms with E-state index in [2.05, 4.69) is 29.5 Å². The number of aliphatic hydroxyl groups is 1. The Bertz CT molecular complexity index is 1710. The first kappa shape index (κ1) is 28.0. The summed E-state index contributed by atoms with van der Waals surface area (Å²) in [4.78, 5) is 50.1. The number of aromatic amines is 1. The van der Waals surface area contributed by atoms with Crippen molar-refractivity contribution in [2.45, 2.75) is 39.9 Å². The first-order valence-corrected chi connectivity index (χ1v) is 13.1. The van der Waals surface area contributed by atoms with Crippen LogP contribution in [0.5, 0.6) is 0 Å². The highest BCUT2D eigenvalue weighted by Gasteiger charge is 2.20. The van der Waals surface area contributed by atoms with Crippen molar-refractivity contribution in [3.63, 3.8) is 0 Å². The summed E-state index contributed by atoms with van der Waals surface area (Å²) in [6.07, 6.45) is 6.49. The molecule has 2 aromatic heterocycles. The summed E-state index contributed by atoms with van der Waals surface area (Å²) >= 11 is 6.24. The van der Waals surface area contributed by atoms with Gasteiger partial charge in [-0.15, -0.1) is 9.24 Å². The van der Waals surface area contributed by atoms with Gasteiger partial charge in [0.2, 0.25) is 5.95 Å². The van der Waals surface area contributed by atoms with Crippen molar-refractivity contribution in [3.05, 3.63) is 119 Å². The number of H-pyrrole nitrogens is 1. The van der Waals surface area contributed by atoms with Crippen molar-refractivity contribution >= 4 is 37.8 Å². The van der Waals surface area contributed by atoms with E-state index in [1.807, 2.05) is 32.9 Å². The number of allylic oxidation sites excluding steroid dienone is 4. The number of aliphatic imine (C=N–C) groups is 1. The fraction of sp³-hybridized carbons (Fsp3) is 0.222. The van der Waals surface area contributed by atoms with Crippen LogP contribution >= 0.6 is 20.8 Å². The largest absolute Gasteiger partial charge is 0.506 e. The third-order valence-electron chi connectivity index (χ3n) is 5.80. The average Bonchev–Trinajstić information content (AvgIpc) is 2.85. The van der Waals surface area contributed by atoms with Crippen LogP contribution in [-0.4, -0.2) is 36.0 Å². The molecule has 202 valence electrons. The second-order valence-electron chi connectivity index (χ2n) is 9.15. The van der Waals surface area contributed by atoms with E-state index >= 15 is 0 Å². The molecule has 0 spiro atoms. The van der Waals surface area contributed by atoms with Crippen LogP contribution in [0.25, 0.3) is 0 Å². The van der Waals surface area contributed by atoms with E-state index in [1.165, 1.54) is 22.9 Å². The molecule has 0 aliphatic heterocycles. The number of pyridine rings is 1. The van der Waals surface area contributed by atoms with Crippen LogP contribution < -0.4 is 27.6 Å². The lowest BCUT2D eigenvalue weighted by Gasteiger charge is -2.20. The predicted octanol–water partition coefficient (Wildman–Crippen LogP) is 2.89. The van der Waals surface area contributed by atoms with E-state index in [0.717, 1.165) is 15.4 Å². The molecule has 12 heteroatoms. The summed E-state index contributed by atoms with van der Waals surface area (Å²) in [6.45, 7) is 5.45. The second-order valence-corrected chi connectivity index (χ2v) is 10.3. The van der Waals surface area contributed by atoms with E-state index in [0.29, 0.717) is 16.3 Å². The summed E-state index contributed by atoms with van der Waals surface area (Å²) in [5, 5.41) is 15.0. The molecule has 0 fully saturated rings.